The van der Waals surface area contributed by atoms with E-state index in [-0.39, 0.29) is 0 Å². The number of aryl methyl sites for hydroxylation is 1. The van der Waals surface area contributed by atoms with Gasteiger partial charge in [-0.25, -0.2) is 0 Å². The lowest BCUT2D eigenvalue weighted by molar-refractivity contribution is 0.728. The zero-order chi connectivity index (χ0) is 15.1. The molecule has 5 nitrogen and oxygen atoms in total. The maximum atomic E-state index is 4.57. The molecule has 0 saturated heterocycles. The molecule has 1 heterocycles. The van der Waals surface area contributed by atoms with Crippen LogP contribution in [0, 0.1) is 6.92 Å². The number of aromatic nitrogens is 3. The fourth-order valence-corrected chi connectivity index (χ4v) is 2.15. The number of hydrogen-bond acceptors (Lipinski definition) is 5. The lowest BCUT2D eigenvalue weighted by Gasteiger charge is -2.22. The van der Waals surface area contributed by atoms with E-state index in [1.54, 1.807) is 6.20 Å². The third-order valence-electron chi connectivity index (χ3n) is 3.16. The van der Waals surface area contributed by atoms with Crippen molar-refractivity contribution in [2.45, 2.75) is 33.6 Å². The van der Waals surface area contributed by atoms with Crippen LogP contribution in [0.15, 0.2) is 30.5 Å². The summed E-state index contributed by atoms with van der Waals surface area (Å²) in [6.07, 6.45) is 3.90. The first-order valence-electron chi connectivity index (χ1n) is 7.51. The summed E-state index contributed by atoms with van der Waals surface area (Å²) in [6.45, 7) is 8.37. The molecule has 1 aromatic heterocycles. The highest BCUT2D eigenvalue weighted by Gasteiger charge is 2.08. The van der Waals surface area contributed by atoms with Crippen molar-refractivity contribution >= 4 is 17.5 Å². The van der Waals surface area contributed by atoms with E-state index in [1.807, 2.05) is 12.1 Å². The molecule has 0 bridgehead atoms. The van der Waals surface area contributed by atoms with Gasteiger partial charge in [-0.15, -0.1) is 5.10 Å². The molecular formula is C16H23N5. The molecule has 112 valence electrons. The van der Waals surface area contributed by atoms with Crippen LogP contribution in [-0.4, -0.2) is 28.3 Å². The second-order valence-corrected chi connectivity index (χ2v) is 5.12. The fourth-order valence-electron chi connectivity index (χ4n) is 2.15. The summed E-state index contributed by atoms with van der Waals surface area (Å²) in [4.78, 5) is 6.81. The molecular weight excluding hydrogens is 262 g/mol. The monoisotopic (exact) mass is 285 g/mol. The average Bonchev–Trinajstić information content (AvgIpc) is 2.50. The van der Waals surface area contributed by atoms with Crippen LogP contribution in [0.25, 0.3) is 0 Å². The van der Waals surface area contributed by atoms with Crippen molar-refractivity contribution in [2.75, 3.05) is 23.3 Å². The van der Waals surface area contributed by atoms with Gasteiger partial charge >= 0.3 is 0 Å². The van der Waals surface area contributed by atoms with Crippen LogP contribution in [-0.2, 0) is 0 Å². The van der Waals surface area contributed by atoms with Crippen molar-refractivity contribution in [1.82, 2.24) is 15.2 Å². The second-order valence-electron chi connectivity index (χ2n) is 5.12. The number of hydrogen-bond donors (Lipinski definition) is 1. The molecule has 0 atom stereocenters. The summed E-state index contributed by atoms with van der Waals surface area (Å²) in [5.74, 6) is 1.41. The van der Waals surface area contributed by atoms with Crippen molar-refractivity contribution in [3.63, 3.8) is 0 Å². The Morgan fingerprint density at radius 3 is 2.33 bits per heavy atom. The third kappa shape index (κ3) is 4.41. The number of nitrogens with zero attached hydrogens (tertiary/aromatic N) is 4. The van der Waals surface area contributed by atoms with Crippen LogP contribution < -0.4 is 10.2 Å². The SMILES string of the molecule is CCCN(CCC)c1cnnc(Nc2ccc(C)cc2)n1. The van der Waals surface area contributed by atoms with E-state index in [0.29, 0.717) is 5.95 Å². The Hall–Kier alpha value is -2.17. The summed E-state index contributed by atoms with van der Waals surface area (Å²) in [5, 5.41) is 11.3. The Kier molecular flexibility index (Phi) is 5.49. The largest absolute Gasteiger partial charge is 0.355 e. The van der Waals surface area contributed by atoms with Gasteiger partial charge in [-0.2, -0.15) is 10.1 Å². The zero-order valence-corrected chi connectivity index (χ0v) is 13.0. The van der Waals surface area contributed by atoms with E-state index in [9.17, 15) is 0 Å². The van der Waals surface area contributed by atoms with Crippen LogP contribution >= 0.6 is 0 Å². The van der Waals surface area contributed by atoms with Gasteiger partial charge in [0.05, 0.1) is 6.20 Å². The van der Waals surface area contributed by atoms with Crippen molar-refractivity contribution < 1.29 is 0 Å². The molecule has 1 N–H and O–H groups in total. The third-order valence-corrected chi connectivity index (χ3v) is 3.16. The van der Waals surface area contributed by atoms with Gasteiger partial charge in [-0.05, 0) is 31.9 Å². The van der Waals surface area contributed by atoms with Gasteiger partial charge in [0.2, 0.25) is 5.95 Å². The van der Waals surface area contributed by atoms with Gasteiger partial charge in [0, 0.05) is 18.8 Å². The van der Waals surface area contributed by atoms with Crippen LogP contribution in [0.1, 0.15) is 32.3 Å². The highest BCUT2D eigenvalue weighted by molar-refractivity contribution is 5.54. The highest BCUT2D eigenvalue weighted by Crippen LogP contribution is 2.16. The van der Waals surface area contributed by atoms with Crippen LogP contribution in [0.5, 0.6) is 0 Å². The minimum Gasteiger partial charge on any atom is -0.355 e. The van der Waals surface area contributed by atoms with Gasteiger partial charge in [0.25, 0.3) is 0 Å². The first-order chi connectivity index (χ1) is 10.2. The summed E-state index contributed by atoms with van der Waals surface area (Å²) in [6, 6.07) is 8.14. The van der Waals surface area contributed by atoms with E-state index < -0.39 is 0 Å². The Morgan fingerprint density at radius 1 is 1.05 bits per heavy atom. The van der Waals surface area contributed by atoms with Gasteiger partial charge in [-0.3, -0.25) is 0 Å². The van der Waals surface area contributed by atoms with E-state index in [4.69, 9.17) is 0 Å². The average molecular weight is 285 g/mol. The minimum atomic E-state index is 0.536. The second kappa shape index (κ2) is 7.57. The van der Waals surface area contributed by atoms with Gasteiger partial charge < -0.3 is 10.2 Å². The summed E-state index contributed by atoms with van der Waals surface area (Å²) in [5.41, 5.74) is 2.20. The molecule has 0 aliphatic carbocycles. The number of nitrogens with one attached hydrogen (secondary N) is 1. The predicted molar refractivity (Wildman–Crippen MR) is 87.1 cm³/mol. The minimum absolute atomic E-state index is 0.536. The van der Waals surface area contributed by atoms with Crippen molar-refractivity contribution in [3.8, 4) is 0 Å². The highest BCUT2D eigenvalue weighted by atomic mass is 15.3. The Bertz CT molecular complexity index is 547. The van der Waals surface area contributed by atoms with Crippen LogP contribution in [0.2, 0.25) is 0 Å². The smallest absolute Gasteiger partial charge is 0.249 e. The van der Waals surface area contributed by atoms with E-state index in [1.165, 1.54) is 5.56 Å². The van der Waals surface area contributed by atoms with E-state index in [0.717, 1.165) is 37.4 Å². The molecule has 0 aliphatic heterocycles. The molecule has 0 amide bonds. The zero-order valence-electron chi connectivity index (χ0n) is 13.0. The fraction of sp³-hybridized carbons (Fsp3) is 0.438. The van der Waals surface area contributed by atoms with Gasteiger partial charge in [-0.1, -0.05) is 31.5 Å². The van der Waals surface area contributed by atoms with Crippen LogP contribution in [0.3, 0.4) is 0 Å². The maximum absolute atomic E-state index is 4.57. The molecule has 0 unspecified atom stereocenters. The van der Waals surface area contributed by atoms with Crippen molar-refractivity contribution in [2.24, 2.45) is 0 Å². The molecule has 5 heteroatoms. The lowest BCUT2D eigenvalue weighted by Crippen LogP contribution is -2.26. The lowest BCUT2D eigenvalue weighted by atomic mass is 10.2. The molecule has 2 rings (SSSR count). The number of benzene rings is 1. The quantitative estimate of drug-likeness (QED) is 0.843. The van der Waals surface area contributed by atoms with E-state index in [2.05, 4.69) is 58.3 Å². The predicted octanol–water partition coefficient (Wildman–Crippen LogP) is 3.55. The molecule has 0 radical (unpaired) electrons. The molecule has 0 fully saturated rings. The van der Waals surface area contributed by atoms with Crippen molar-refractivity contribution in [1.29, 1.82) is 0 Å². The summed E-state index contributed by atoms with van der Waals surface area (Å²) in [7, 11) is 0. The number of rotatable bonds is 7. The standard InChI is InChI=1S/C16H23N5/c1-4-10-21(11-5-2)15-12-17-20-16(19-15)18-14-8-6-13(3)7-9-14/h6-9,12H,4-5,10-11H2,1-3H3,(H,18,19,20). The summed E-state index contributed by atoms with van der Waals surface area (Å²) < 4.78 is 0. The maximum Gasteiger partial charge on any atom is 0.249 e. The Balaban J connectivity index is 2.14. The molecule has 21 heavy (non-hydrogen) atoms. The molecule has 0 aliphatic rings. The molecule has 1 aromatic carbocycles. The van der Waals surface area contributed by atoms with E-state index >= 15 is 0 Å². The molecule has 0 spiro atoms. The molecule has 0 saturated carbocycles. The first-order valence-corrected chi connectivity index (χ1v) is 7.51. The van der Waals surface area contributed by atoms with Crippen molar-refractivity contribution in [3.05, 3.63) is 36.0 Å². The molecule has 2 aromatic rings. The van der Waals surface area contributed by atoms with Crippen LogP contribution in [0.4, 0.5) is 17.5 Å². The topological polar surface area (TPSA) is 53.9 Å². The summed E-state index contributed by atoms with van der Waals surface area (Å²) >= 11 is 0. The Morgan fingerprint density at radius 2 is 1.71 bits per heavy atom. The first kappa shape index (κ1) is 15.2. The normalized spacial score (nSPS) is 10.4. The number of anilines is 3. The Labute approximate surface area is 126 Å². The van der Waals surface area contributed by atoms with Gasteiger partial charge in [0.15, 0.2) is 5.82 Å². The van der Waals surface area contributed by atoms with Gasteiger partial charge in [0.1, 0.15) is 0 Å².